The highest BCUT2D eigenvalue weighted by atomic mass is 79.9. The molecular formula is C14H16BrNO. The molecule has 0 saturated heterocycles. The molecule has 90 valence electrons. The Morgan fingerprint density at radius 3 is 2.59 bits per heavy atom. The van der Waals surface area contributed by atoms with Gasteiger partial charge in [0.1, 0.15) is 5.76 Å². The van der Waals surface area contributed by atoms with Gasteiger partial charge in [-0.2, -0.15) is 0 Å². The molecule has 0 radical (unpaired) electrons. The second-order valence-corrected chi connectivity index (χ2v) is 5.10. The highest BCUT2D eigenvalue weighted by Crippen LogP contribution is 2.21. The van der Waals surface area contributed by atoms with E-state index < -0.39 is 0 Å². The van der Waals surface area contributed by atoms with Gasteiger partial charge in [-0.05, 0) is 43.7 Å². The highest BCUT2D eigenvalue weighted by Gasteiger charge is 2.12. The molecule has 0 fully saturated rings. The summed E-state index contributed by atoms with van der Waals surface area (Å²) < 4.78 is 6.49. The van der Waals surface area contributed by atoms with E-state index >= 15 is 0 Å². The Balaban J connectivity index is 2.04. The first-order valence-electron chi connectivity index (χ1n) is 5.71. The van der Waals surface area contributed by atoms with Crippen LogP contribution in [-0.2, 0) is 0 Å². The first-order chi connectivity index (χ1) is 8.16. The van der Waals surface area contributed by atoms with E-state index in [4.69, 9.17) is 4.42 Å². The largest absolute Gasteiger partial charge is 0.468 e. The van der Waals surface area contributed by atoms with Gasteiger partial charge in [0.05, 0.1) is 12.3 Å². The Hall–Kier alpha value is -1.06. The summed E-state index contributed by atoms with van der Waals surface area (Å²) in [5, 5.41) is 3.51. The van der Waals surface area contributed by atoms with Crippen molar-refractivity contribution >= 4 is 15.9 Å². The molecule has 0 bridgehead atoms. The van der Waals surface area contributed by atoms with Crippen molar-refractivity contribution in [3.05, 3.63) is 58.5 Å². The second-order valence-electron chi connectivity index (χ2n) is 4.18. The number of hydrogen-bond acceptors (Lipinski definition) is 2. The topological polar surface area (TPSA) is 25.2 Å². The Morgan fingerprint density at radius 2 is 1.94 bits per heavy atom. The zero-order valence-electron chi connectivity index (χ0n) is 9.98. The summed E-state index contributed by atoms with van der Waals surface area (Å²) in [6, 6.07) is 12.7. The summed E-state index contributed by atoms with van der Waals surface area (Å²) in [4.78, 5) is 0. The maximum atomic E-state index is 5.38. The molecule has 0 spiro atoms. The van der Waals surface area contributed by atoms with E-state index in [1.54, 1.807) is 6.26 Å². The van der Waals surface area contributed by atoms with Crippen LogP contribution in [-0.4, -0.2) is 0 Å². The predicted octanol–water partition coefficient (Wildman–Crippen LogP) is 4.45. The number of nitrogens with one attached hydrogen (secondary N) is 1. The van der Waals surface area contributed by atoms with E-state index in [0.29, 0.717) is 0 Å². The first kappa shape index (κ1) is 12.4. The van der Waals surface area contributed by atoms with Gasteiger partial charge in [0, 0.05) is 10.5 Å². The summed E-state index contributed by atoms with van der Waals surface area (Å²) in [6.07, 6.45) is 1.71. The van der Waals surface area contributed by atoms with Crippen molar-refractivity contribution < 1.29 is 4.42 Å². The Kier molecular flexibility index (Phi) is 4.02. The maximum Gasteiger partial charge on any atom is 0.120 e. The van der Waals surface area contributed by atoms with Crippen LogP contribution in [0.3, 0.4) is 0 Å². The lowest BCUT2D eigenvalue weighted by Crippen LogP contribution is -2.22. The minimum atomic E-state index is 0.207. The molecule has 17 heavy (non-hydrogen) atoms. The van der Waals surface area contributed by atoms with E-state index in [2.05, 4.69) is 53.3 Å². The average molecular weight is 294 g/mol. The average Bonchev–Trinajstić information content (AvgIpc) is 2.82. The molecule has 0 amide bonds. The molecule has 0 aliphatic carbocycles. The summed E-state index contributed by atoms with van der Waals surface area (Å²) in [7, 11) is 0. The third-order valence-corrected chi connectivity index (χ3v) is 3.31. The molecule has 2 atom stereocenters. The lowest BCUT2D eigenvalue weighted by Gasteiger charge is -2.19. The van der Waals surface area contributed by atoms with Crippen LogP contribution in [0.25, 0.3) is 0 Å². The summed E-state index contributed by atoms with van der Waals surface area (Å²) >= 11 is 3.49. The van der Waals surface area contributed by atoms with E-state index in [-0.39, 0.29) is 12.1 Å². The van der Waals surface area contributed by atoms with Gasteiger partial charge in [-0.3, -0.25) is 0 Å². The van der Waals surface area contributed by atoms with Crippen LogP contribution in [0, 0.1) is 0 Å². The molecule has 1 unspecified atom stereocenters. The van der Waals surface area contributed by atoms with Gasteiger partial charge in [-0.1, -0.05) is 28.1 Å². The predicted molar refractivity (Wildman–Crippen MR) is 72.8 cm³/mol. The van der Waals surface area contributed by atoms with Gasteiger partial charge in [0.25, 0.3) is 0 Å². The standard InChI is InChI=1S/C14H16BrNO/c1-10(12-5-3-6-13(15)9-12)16-11(2)14-7-4-8-17-14/h3-11,16H,1-2H3/t10-,11?/m0/s1. The van der Waals surface area contributed by atoms with E-state index in [0.717, 1.165) is 10.2 Å². The lowest BCUT2D eigenvalue weighted by atomic mass is 10.1. The van der Waals surface area contributed by atoms with Crippen molar-refractivity contribution in [1.29, 1.82) is 0 Å². The fraction of sp³-hybridized carbons (Fsp3) is 0.286. The first-order valence-corrected chi connectivity index (χ1v) is 6.51. The zero-order valence-corrected chi connectivity index (χ0v) is 11.6. The van der Waals surface area contributed by atoms with Crippen molar-refractivity contribution in [3.8, 4) is 0 Å². The normalized spacial score (nSPS) is 14.5. The molecular weight excluding hydrogens is 278 g/mol. The molecule has 2 rings (SSSR count). The zero-order chi connectivity index (χ0) is 12.3. The minimum absolute atomic E-state index is 0.207. The van der Waals surface area contributed by atoms with Gasteiger partial charge >= 0.3 is 0 Å². The smallest absolute Gasteiger partial charge is 0.120 e. The molecule has 0 aliphatic heterocycles. The van der Waals surface area contributed by atoms with Gasteiger partial charge in [0.15, 0.2) is 0 Å². The number of halogens is 1. The summed E-state index contributed by atoms with van der Waals surface area (Å²) in [6.45, 7) is 4.26. The van der Waals surface area contributed by atoms with Crippen LogP contribution >= 0.6 is 15.9 Å². The van der Waals surface area contributed by atoms with Gasteiger partial charge < -0.3 is 9.73 Å². The van der Waals surface area contributed by atoms with Crippen LogP contribution in [0.5, 0.6) is 0 Å². The Labute approximate surface area is 110 Å². The van der Waals surface area contributed by atoms with Crippen LogP contribution in [0.1, 0.15) is 37.3 Å². The fourth-order valence-electron chi connectivity index (χ4n) is 1.87. The monoisotopic (exact) mass is 293 g/mol. The SMILES string of the molecule is CC(N[C@@H](C)c1cccc(Br)c1)c1ccco1. The van der Waals surface area contributed by atoms with Gasteiger partial charge in [-0.15, -0.1) is 0 Å². The highest BCUT2D eigenvalue weighted by molar-refractivity contribution is 9.10. The molecule has 2 aromatic rings. The van der Waals surface area contributed by atoms with Crippen molar-refractivity contribution in [2.75, 3.05) is 0 Å². The quantitative estimate of drug-likeness (QED) is 0.901. The minimum Gasteiger partial charge on any atom is -0.468 e. The molecule has 3 heteroatoms. The summed E-state index contributed by atoms with van der Waals surface area (Å²) in [5.41, 5.74) is 1.26. The molecule has 0 aliphatic rings. The number of rotatable bonds is 4. The van der Waals surface area contributed by atoms with Crippen molar-refractivity contribution in [3.63, 3.8) is 0 Å². The molecule has 2 nitrogen and oxygen atoms in total. The van der Waals surface area contributed by atoms with Crippen LogP contribution in [0.15, 0.2) is 51.6 Å². The number of hydrogen-bond donors (Lipinski definition) is 1. The van der Waals surface area contributed by atoms with Crippen molar-refractivity contribution in [1.82, 2.24) is 5.32 Å². The van der Waals surface area contributed by atoms with Crippen molar-refractivity contribution in [2.45, 2.75) is 25.9 Å². The number of benzene rings is 1. The molecule has 0 saturated carbocycles. The van der Waals surface area contributed by atoms with Crippen LogP contribution < -0.4 is 5.32 Å². The van der Waals surface area contributed by atoms with Gasteiger partial charge in [0.2, 0.25) is 0 Å². The molecule has 1 N–H and O–H groups in total. The van der Waals surface area contributed by atoms with Crippen molar-refractivity contribution in [2.24, 2.45) is 0 Å². The van der Waals surface area contributed by atoms with Gasteiger partial charge in [-0.25, -0.2) is 0 Å². The van der Waals surface area contributed by atoms with E-state index in [1.807, 2.05) is 18.2 Å². The van der Waals surface area contributed by atoms with Crippen LogP contribution in [0.2, 0.25) is 0 Å². The second kappa shape index (κ2) is 5.52. The molecule has 1 aromatic heterocycles. The Bertz CT molecular complexity index is 467. The van der Waals surface area contributed by atoms with E-state index in [9.17, 15) is 0 Å². The third-order valence-electron chi connectivity index (χ3n) is 2.82. The van der Waals surface area contributed by atoms with Crippen LogP contribution in [0.4, 0.5) is 0 Å². The Morgan fingerprint density at radius 1 is 1.12 bits per heavy atom. The maximum absolute atomic E-state index is 5.38. The fourth-order valence-corrected chi connectivity index (χ4v) is 2.28. The third kappa shape index (κ3) is 3.20. The number of furan rings is 1. The molecule has 1 aromatic carbocycles. The summed E-state index contributed by atoms with van der Waals surface area (Å²) in [5.74, 6) is 0.965. The lowest BCUT2D eigenvalue weighted by molar-refractivity contribution is 0.403. The van der Waals surface area contributed by atoms with E-state index in [1.165, 1.54) is 5.56 Å². The molecule has 1 heterocycles.